The quantitative estimate of drug-likeness (QED) is 0.852. The van der Waals surface area contributed by atoms with E-state index in [1.54, 1.807) is 0 Å². The van der Waals surface area contributed by atoms with Crippen LogP contribution in [0.4, 0.5) is 0 Å². The van der Waals surface area contributed by atoms with Crippen molar-refractivity contribution < 1.29 is 0 Å². The number of rotatable bonds is 2. The summed E-state index contributed by atoms with van der Waals surface area (Å²) in [5, 5.41) is 3.39. The molecule has 1 atom stereocenters. The van der Waals surface area contributed by atoms with Crippen molar-refractivity contribution in [1.82, 2.24) is 5.32 Å². The molecule has 1 aromatic carbocycles. The van der Waals surface area contributed by atoms with E-state index in [0.29, 0.717) is 5.92 Å². The summed E-state index contributed by atoms with van der Waals surface area (Å²) in [5.41, 5.74) is 10.5. The van der Waals surface area contributed by atoms with E-state index >= 15 is 0 Å². The van der Waals surface area contributed by atoms with Gasteiger partial charge in [-0.3, -0.25) is 0 Å². The van der Waals surface area contributed by atoms with Crippen LogP contribution in [0.15, 0.2) is 18.2 Å². The van der Waals surface area contributed by atoms with Crippen LogP contribution in [-0.4, -0.2) is 13.1 Å². The summed E-state index contributed by atoms with van der Waals surface area (Å²) >= 11 is 0. The van der Waals surface area contributed by atoms with E-state index < -0.39 is 0 Å². The van der Waals surface area contributed by atoms with Crippen LogP contribution >= 0.6 is 12.4 Å². The van der Waals surface area contributed by atoms with E-state index in [0.717, 1.165) is 13.1 Å². The van der Waals surface area contributed by atoms with Crippen molar-refractivity contribution in [2.24, 2.45) is 11.7 Å². The first kappa shape index (κ1) is 14.5. The lowest BCUT2D eigenvalue weighted by molar-refractivity contribution is 0.321. The van der Waals surface area contributed by atoms with Gasteiger partial charge in [-0.15, -0.1) is 12.4 Å². The highest BCUT2D eigenvalue weighted by Crippen LogP contribution is 2.29. The van der Waals surface area contributed by atoms with Gasteiger partial charge in [0.15, 0.2) is 0 Å². The topological polar surface area (TPSA) is 38.0 Å². The normalized spacial score (nSPS) is 18.5. The number of nitrogens with two attached hydrogens (primary N) is 1. The molecular weight excluding hydrogens is 232 g/mol. The van der Waals surface area contributed by atoms with Gasteiger partial charge in [0.05, 0.1) is 0 Å². The molecule has 17 heavy (non-hydrogen) atoms. The van der Waals surface area contributed by atoms with E-state index in [4.69, 9.17) is 5.73 Å². The highest BCUT2D eigenvalue weighted by molar-refractivity contribution is 5.85. The standard InChI is InChI=1S/C14H22N2.ClH/c1-10-4-3-5-13(11(10)2)14(15)12-6-8-16-9-7-12;/h3-5,12,14,16H,6-9,15H2,1-2H3;1H/t14-;/m1./s1. The van der Waals surface area contributed by atoms with Crippen LogP contribution in [0.25, 0.3) is 0 Å². The van der Waals surface area contributed by atoms with Gasteiger partial charge >= 0.3 is 0 Å². The molecule has 1 aliphatic heterocycles. The first-order valence-electron chi connectivity index (χ1n) is 6.22. The Kier molecular flexibility index (Phi) is 5.44. The number of hydrogen-bond donors (Lipinski definition) is 2. The number of nitrogens with one attached hydrogen (secondary N) is 1. The molecule has 2 rings (SSSR count). The van der Waals surface area contributed by atoms with Gasteiger partial charge in [0.25, 0.3) is 0 Å². The van der Waals surface area contributed by atoms with Gasteiger partial charge in [-0.25, -0.2) is 0 Å². The monoisotopic (exact) mass is 254 g/mol. The molecule has 0 bridgehead atoms. The SMILES string of the molecule is Cc1cccc([C@H](N)C2CCNCC2)c1C.Cl. The van der Waals surface area contributed by atoms with Gasteiger partial charge in [-0.05, 0) is 62.4 Å². The summed E-state index contributed by atoms with van der Waals surface area (Å²) in [5.74, 6) is 0.641. The Hall–Kier alpha value is -0.570. The molecule has 1 saturated heterocycles. The fraction of sp³-hybridized carbons (Fsp3) is 0.571. The Morgan fingerprint density at radius 2 is 1.88 bits per heavy atom. The zero-order valence-electron chi connectivity index (χ0n) is 10.7. The van der Waals surface area contributed by atoms with E-state index in [2.05, 4.69) is 37.4 Å². The van der Waals surface area contributed by atoms with Crippen LogP contribution in [0.3, 0.4) is 0 Å². The number of hydrogen-bond acceptors (Lipinski definition) is 2. The average Bonchev–Trinajstić information content (AvgIpc) is 2.33. The molecule has 0 saturated carbocycles. The number of halogens is 1. The van der Waals surface area contributed by atoms with E-state index in [1.807, 2.05) is 0 Å². The Balaban J connectivity index is 0.00000144. The van der Waals surface area contributed by atoms with Crippen molar-refractivity contribution in [3.63, 3.8) is 0 Å². The van der Waals surface area contributed by atoms with Crippen LogP contribution in [0, 0.1) is 19.8 Å². The van der Waals surface area contributed by atoms with Crippen LogP contribution in [0.5, 0.6) is 0 Å². The van der Waals surface area contributed by atoms with E-state index in [9.17, 15) is 0 Å². The molecule has 0 unspecified atom stereocenters. The van der Waals surface area contributed by atoms with E-state index in [-0.39, 0.29) is 18.4 Å². The molecule has 1 heterocycles. The Labute approximate surface area is 110 Å². The van der Waals surface area contributed by atoms with Crippen molar-refractivity contribution in [2.75, 3.05) is 13.1 Å². The molecule has 0 amide bonds. The Morgan fingerprint density at radius 1 is 1.24 bits per heavy atom. The lowest BCUT2D eigenvalue weighted by Crippen LogP contribution is -2.34. The maximum atomic E-state index is 6.41. The molecule has 0 aliphatic carbocycles. The highest BCUT2D eigenvalue weighted by atomic mass is 35.5. The summed E-state index contributed by atoms with van der Waals surface area (Å²) in [6.45, 7) is 6.58. The van der Waals surface area contributed by atoms with Crippen LogP contribution in [0.1, 0.15) is 35.6 Å². The molecule has 0 spiro atoms. The molecule has 1 fully saturated rings. The van der Waals surface area contributed by atoms with Gasteiger partial charge in [-0.1, -0.05) is 18.2 Å². The minimum absolute atomic E-state index is 0. The number of benzene rings is 1. The fourth-order valence-electron chi connectivity index (χ4n) is 2.59. The predicted octanol–water partition coefficient (Wildman–Crippen LogP) is 2.72. The maximum absolute atomic E-state index is 6.41. The molecular formula is C14H23ClN2. The second-order valence-corrected chi connectivity index (χ2v) is 4.90. The highest BCUT2D eigenvalue weighted by Gasteiger charge is 2.22. The average molecular weight is 255 g/mol. The molecule has 3 N–H and O–H groups in total. The second kappa shape index (κ2) is 6.39. The smallest absolute Gasteiger partial charge is 0.0327 e. The van der Waals surface area contributed by atoms with Crippen LogP contribution in [-0.2, 0) is 0 Å². The Morgan fingerprint density at radius 3 is 2.53 bits per heavy atom. The third-order valence-corrected chi connectivity index (χ3v) is 3.90. The van der Waals surface area contributed by atoms with Crippen LogP contribution < -0.4 is 11.1 Å². The maximum Gasteiger partial charge on any atom is 0.0327 e. The summed E-state index contributed by atoms with van der Waals surface area (Å²) in [7, 11) is 0. The molecule has 0 aromatic heterocycles. The van der Waals surface area contributed by atoms with Gasteiger partial charge in [0.1, 0.15) is 0 Å². The zero-order valence-corrected chi connectivity index (χ0v) is 11.5. The molecule has 1 aromatic rings. The first-order valence-corrected chi connectivity index (χ1v) is 6.22. The molecule has 96 valence electrons. The second-order valence-electron chi connectivity index (χ2n) is 4.90. The molecule has 2 nitrogen and oxygen atoms in total. The van der Waals surface area contributed by atoms with E-state index in [1.165, 1.54) is 29.5 Å². The number of piperidine rings is 1. The summed E-state index contributed by atoms with van der Waals surface area (Å²) < 4.78 is 0. The first-order chi connectivity index (χ1) is 7.70. The fourth-order valence-corrected chi connectivity index (χ4v) is 2.59. The van der Waals surface area contributed by atoms with Crippen LogP contribution in [0.2, 0.25) is 0 Å². The third-order valence-electron chi connectivity index (χ3n) is 3.90. The minimum atomic E-state index is 0. The summed E-state index contributed by atoms with van der Waals surface area (Å²) in [6.07, 6.45) is 2.41. The van der Waals surface area contributed by atoms with Gasteiger partial charge in [-0.2, -0.15) is 0 Å². The van der Waals surface area contributed by atoms with Gasteiger partial charge in [0, 0.05) is 6.04 Å². The summed E-state index contributed by atoms with van der Waals surface area (Å²) in [6, 6.07) is 6.68. The van der Waals surface area contributed by atoms with Crippen molar-refractivity contribution in [1.29, 1.82) is 0 Å². The largest absolute Gasteiger partial charge is 0.324 e. The van der Waals surface area contributed by atoms with Crippen molar-refractivity contribution >= 4 is 12.4 Å². The predicted molar refractivity (Wildman–Crippen MR) is 75.7 cm³/mol. The van der Waals surface area contributed by atoms with Crippen molar-refractivity contribution in [3.05, 3.63) is 34.9 Å². The lowest BCUT2D eigenvalue weighted by atomic mass is 9.84. The van der Waals surface area contributed by atoms with Crippen molar-refractivity contribution in [3.8, 4) is 0 Å². The third kappa shape index (κ3) is 3.21. The van der Waals surface area contributed by atoms with Crippen molar-refractivity contribution in [2.45, 2.75) is 32.7 Å². The minimum Gasteiger partial charge on any atom is -0.324 e. The lowest BCUT2D eigenvalue weighted by Gasteiger charge is -2.29. The number of aryl methyl sites for hydroxylation is 1. The molecule has 3 heteroatoms. The van der Waals surface area contributed by atoms with Gasteiger partial charge < -0.3 is 11.1 Å². The summed E-state index contributed by atoms with van der Waals surface area (Å²) in [4.78, 5) is 0. The zero-order chi connectivity index (χ0) is 11.5. The van der Waals surface area contributed by atoms with Gasteiger partial charge in [0.2, 0.25) is 0 Å². The molecule has 0 radical (unpaired) electrons. The Bertz CT molecular complexity index is 359. The molecule has 1 aliphatic rings.